The minimum Gasteiger partial charge on any atom is -0.463 e. The van der Waals surface area contributed by atoms with Gasteiger partial charge in [-0.1, -0.05) is 27.5 Å². The predicted molar refractivity (Wildman–Crippen MR) is 116 cm³/mol. The maximum Gasteiger partial charge on any atom is 0.258 e. The molecule has 4 rings (SSSR count). The van der Waals surface area contributed by atoms with Crippen LogP contribution in [0.2, 0.25) is 5.02 Å². The summed E-state index contributed by atoms with van der Waals surface area (Å²) in [6, 6.07) is 10.1. The van der Waals surface area contributed by atoms with Gasteiger partial charge in [-0.15, -0.1) is 0 Å². The van der Waals surface area contributed by atoms with Crippen molar-refractivity contribution in [2.45, 2.75) is 13.8 Å². The van der Waals surface area contributed by atoms with Gasteiger partial charge in [-0.25, -0.2) is 4.98 Å². The van der Waals surface area contributed by atoms with Gasteiger partial charge in [0.05, 0.1) is 16.8 Å². The molecule has 0 saturated heterocycles. The number of furan rings is 1. The van der Waals surface area contributed by atoms with Crippen LogP contribution in [0.4, 0.5) is 5.82 Å². The number of carbonyl (C=O) groups is 1. The first-order valence-corrected chi connectivity index (χ1v) is 9.99. The van der Waals surface area contributed by atoms with E-state index in [1.807, 2.05) is 0 Å². The van der Waals surface area contributed by atoms with Crippen LogP contribution in [-0.2, 0) is 0 Å². The first-order valence-electron chi connectivity index (χ1n) is 8.81. The number of halogens is 2. The molecule has 0 unspecified atom stereocenters. The molecule has 0 radical (unpaired) electrons. The number of aromatic nitrogens is 4. The van der Waals surface area contributed by atoms with Gasteiger partial charge in [0.2, 0.25) is 5.95 Å². The van der Waals surface area contributed by atoms with Crippen LogP contribution in [0.15, 0.2) is 56.3 Å². The first-order chi connectivity index (χ1) is 14.3. The molecule has 0 bridgehead atoms. The normalized spacial score (nSPS) is 10.9. The fourth-order valence-electron chi connectivity index (χ4n) is 2.76. The largest absolute Gasteiger partial charge is 0.463 e. The van der Waals surface area contributed by atoms with E-state index in [4.69, 9.17) is 16.0 Å². The van der Waals surface area contributed by atoms with Gasteiger partial charge >= 0.3 is 0 Å². The molecule has 0 saturated carbocycles. The van der Waals surface area contributed by atoms with E-state index in [1.54, 1.807) is 50.2 Å². The number of hydrogen-bond acceptors (Lipinski definition) is 5. The maximum absolute atomic E-state index is 12.9. The van der Waals surface area contributed by atoms with Crippen molar-refractivity contribution in [3.05, 3.63) is 79.3 Å². The standard InChI is InChI=1S/C20H15BrClN5O3/c1-10-11(2)23-20(25-18(10)28)27-17(9-15(26-27)16-4-3-7-30-16)24-19(29)13-8-12(21)5-6-14(13)22/h3-9H,1-2H3,(H,24,29)(H,23,25,28). The Kier molecular flexibility index (Phi) is 5.31. The van der Waals surface area contributed by atoms with Gasteiger partial charge in [-0.3, -0.25) is 14.6 Å². The zero-order valence-electron chi connectivity index (χ0n) is 15.9. The number of aryl methyl sites for hydroxylation is 1. The highest BCUT2D eigenvalue weighted by Gasteiger charge is 2.19. The molecule has 3 aromatic heterocycles. The van der Waals surface area contributed by atoms with E-state index in [1.165, 1.54) is 10.9 Å². The van der Waals surface area contributed by atoms with Crippen molar-refractivity contribution in [3.63, 3.8) is 0 Å². The lowest BCUT2D eigenvalue weighted by Crippen LogP contribution is -2.21. The highest BCUT2D eigenvalue weighted by atomic mass is 79.9. The lowest BCUT2D eigenvalue weighted by molar-refractivity contribution is 0.102. The Balaban J connectivity index is 1.81. The van der Waals surface area contributed by atoms with Gasteiger partial charge in [0.1, 0.15) is 11.5 Å². The number of hydrogen-bond donors (Lipinski definition) is 2. The van der Waals surface area contributed by atoms with Crippen molar-refractivity contribution in [3.8, 4) is 17.4 Å². The summed E-state index contributed by atoms with van der Waals surface area (Å²) in [6.45, 7) is 3.41. The topological polar surface area (TPSA) is 106 Å². The third kappa shape index (κ3) is 3.81. The molecule has 1 aromatic carbocycles. The number of H-pyrrole nitrogens is 1. The quantitative estimate of drug-likeness (QED) is 0.440. The number of aromatic amines is 1. The summed E-state index contributed by atoms with van der Waals surface area (Å²) in [5.74, 6) is 0.501. The van der Waals surface area contributed by atoms with E-state index in [-0.39, 0.29) is 22.9 Å². The molecule has 0 spiro atoms. The number of nitrogens with zero attached hydrogens (tertiary/aromatic N) is 3. The number of anilines is 1. The lowest BCUT2D eigenvalue weighted by Gasteiger charge is -2.10. The fourth-order valence-corrected chi connectivity index (χ4v) is 3.33. The number of amides is 1. The zero-order valence-corrected chi connectivity index (χ0v) is 18.2. The molecule has 3 heterocycles. The maximum atomic E-state index is 12.9. The van der Waals surface area contributed by atoms with Crippen LogP contribution in [0.5, 0.6) is 0 Å². The average Bonchev–Trinajstić information content (AvgIpc) is 3.37. The van der Waals surface area contributed by atoms with Crippen LogP contribution in [0.25, 0.3) is 17.4 Å². The Morgan fingerprint density at radius 2 is 2.07 bits per heavy atom. The molecule has 10 heteroatoms. The highest BCUT2D eigenvalue weighted by Crippen LogP contribution is 2.26. The van der Waals surface area contributed by atoms with Crippen molar-refractivity contribution in [2.75, 3.05) is 5.32 Å². The first kappa shape index (κ1) is 20.1. The lowest BCUT2D eigenvalue weighted by atomic mass is 10.2. The van der Waals surface area contributed by atoms with Crippen molar-refractivity contribution >= 4 is 39.3 Å². The summed E-state index contributed by atoms with van der Waals surface area (Å²) in [4.78, 5) is 32.2. The second-order valence-corrected chi connectivity index (χ2v) is 7.81. The smallest absolute Gasteiger partial charge is 0.258 e. The molecule has 30 heavy (non-hydrogen) atoms. The predicted octanol–water partition coefficient (Wildman–Crippen LogP) is 4.50. The molecule has 8 nitrogen and oxygen atoms in total. The minimum absolute atomic E-state index is 0.163. The Hall–Kier alpha value is -3.17. The molecular weight excluding hydrogens is 474 g/mol. The molecule has 2 N–H and O–H groups in total. The van der Waals surface area contributed by atoms with E-state index in [9.17, 15) is 9.59 Å². The number of nitrogens with one attached hydrogen (secondary N) is 2. The van der Waals surface area contributed by atoms with Gasteiger partial charge in [0.25, 0.3) is 11.5 Å². The van der Waals surface area contributed by atoms with Gasteiger partial charge in [0.15, 0.2) is 5.76 Å². The Bertz CT molecular complexity index is 1310. The fraction of sp³-hybridized carbons (Fsp3) is 0.100. The highest BCUT2D eigenvalue weighted by molar-refractivity contribution is 9.10. The van der Waals surface area contributed by atoms with Crippen LogP contribution in [0.3, 0.4) is 0 Å². The summed E-state index contributed by atoms with van der Waals surface area (Å²) in [5.41, 5.74) is 1.50. The number of carbonyl (C=O) groups excluding carboxylic acids is 1. The van der Waals surface area contributed by atoms with Crippen molar-refractivity contribution in [1.82, 2.24) is 19.7 Å². The van der Waals surface area contributed by atoms with Crippen molar-refractivity contribution < 1.29 is 9.21 Å². The zero-order chi connectivity index (χ0) is 21.4. The van der Waals surface area contributed by atoms with E-state index in [2.05, 4.69) is 36.3 Å². The summed E-state index contributed by atoms with van der Waals surface area (Å²) in [5, 5.41) is 7.53. The molecule has 0 atom stereocenters. The number of benzene rings is 1. The van der Waals surface area contributed by atoms with Crippen molar-refractivity contribution in [2.24, 2.45) is 0 Å². The molecule has 0 aliphatic carbocycles. The summed E-state index contributed by atoms with van der Waals surface area (Å²) in [6.07, 6.45) is 1.52. The Morgan fingerprint density at radius 1 is 1.27 bits per heavy atom. The second kappa shape index (κ2) is 7.92. The van der Waals surface area contributed by atoms with Crippen molar-refractivity contribution in [1.29, 1.82) is 0 Å². The van der Waals surface area contributed by atoms with Gasteiger partial charge in [0, 0.05) is 21.8 Å². The van der Waals surface area contributed by atoms with Crippen LogP contribution in [-0.4, -0.2) is 25.7 Å². The molecule has 1 amide bonds. The van der Waals surface area contributed by atoms with Crippen LogP contribution in [0, 0.1) is 13.8 Å². The van der Waals surface area contributed by atoms with Crippen LogP contribution < -0.4 is 10.9 Å². The summed E-state index contributed by atoms with van der Waals surface area (Å²) >= 11 is 9.52. The molecular formula is C20H15BrClN5O3. The molecule has 152 valence electrons. The summed E-state index contributed by atoms with van der Waals surface area (Å²) < 4.78 is 7.46. The SMILES string of the molecule is Cc1nc(-n2nc(-c3ccco3)cc2NC(=O)c2cc(Br)ccc2Cl)[nH]c(=O)c1C. The molecule has 0 fully saturated rings. The average molecular weight is 489 g/mol. The van der Waals surface area contributed by atoms with Gasteiger partial charge in [-0.05, 0) is 44.2 Å². The third-order valence-electron chi connectivity index (χ3n) is 4.48. The Morgan fingerprint density at radius 3 is 2.77 bits per heavy atom. The van der Waals surface area contributed by atoms with E-state index in [0.717, 1.165) is 0 Å². The molecule has 0 aliphatic rings. The van der Waals surface area contributed by atoms with E-state index in [0.29, 0.717) is 32.2 Å². The minimum atomic E-state index is -0.445. The second-order valence-electron chi connectivity index (χ2n) is 6.48. The third-order valence-corrected chi connectivity index (χ3v) is 5.30. The molecule has 0 aliphatic heterocycles. The van der Waals surface area contributed by atoms with E-state index < -0.39 is 5.91 Å². The van der Waals surface area contributed by atoms with Gasteiger partial charge < -0.3 is 9.73 Å². The summed E-state index contributed by atoms with van der Waals surface area (Å²) in [7, 11) is 0. The van der Waals surface area contributed by atoms with Gasteiger partial charge in [-0.2, -0.15) is 9.78 Å². The van der Waals surface area contributed by atoms with Crippen LogP contribution >= 0.6 is 27.5 Å². The Labute approximate surface area is 184 Å². The molecule has 4 aromatic rings. The number of rotatable bonds is 4. The monoisotopic (exact) mass is 487 g/mol. The van der Waals surface area contributed by atoms with Crippen LogP contribution in [0.1, 0.15) is 21.6 Å². The van der Waals surface area contributed by atoms with E-state index >= 15 is 0 Å².